The second kappa shape index (κ2) is 4.86. The molecule has 1 aliphatic heterocycles. The first kappa shape index (κ1) is 13.0. The van der Waals surface area contributed by atoms with Gasteiger partial charge in [-0.15, -0.1) is 0 Å². The van der Waals surface area contributed by atoms with Gasteiger partial charge >= 0.3 is 0 Å². The molecule has 0 aromatic heterocycles. The van der Waals surface area contributed by atoms with Crippen molar-refractivity contribution in [3.63, 3.8) is 0 Å². The van der Waals surface area contributed by atoms with E-state index in [0.29, 0.717) is 11.5 Å². The number of hydrogen-bond acceptors (Lipinski definition) is 1. The van der Waals surface area contributed by atoms with E-state index in [2.05, 4.69) is 46.4 Å². The summed E-state index contributed by atoms with van der Waals surface area (Å²) < 4.78 is 0. The fourth-order valence-corrected chi connectivity index (χ4v) is 3.20. The van der Waals surface area contributed by atoms with E-state index in [1.165, 1.54) is 25.9 Å². The third kappa shape index (κ3) is 2.55. The number of nitrogens with zero attached hydrogens (tertiary/aromatic N) is 1. The van der Waals surface area contributed by atoms with Crippen LogP contribution in [0.3, 0.4) is 0 Å². The molecule has 0 saturated carbocycles. The Morgan fingerprint density at radius 3 is 1.87 bits per heavy atom. The number of rotatable bonds is 3. The molecule has 15 heavy (non-hydrogen) atoms. The lowest BCUT2D eigenvalue weighted by atomic mass is 9.64. The van der Waals surface area contributed by atoms with Gasteiger partial charge in [0.2, 0.25) is 0 Å². The number of hydrogen-bond donors (Lipinski definition) is 0. The average molecular weight is 211 g/mol. The highest BCUT2D eigenvalue weighted by Gasteiger charge is 2.40. The molecule has 90 valence electrons. The summed E-state index contributed by atoms with van der Waals surface area (Å²) >= 11 is 0. The Morgan fingerprint density at radius 1 is 0.933 bits per heavy atom. The summed E-state index contributed by atoms with van der Waals surface area (Å²) in [6.45, 7) is 16.9. The summed E-state index contributed by atoms with van der Waals surface area (Å²) in [6.07, 6.45) is 2.81. The van der Waals surface area contributed by atoms with Gasteiger partial charge in [0.1, 0.15) is 0 Å². The molecule has 0 aromatic carbocycles. The summed E-state index contributed by atoms with van der Waals surface area (Å²) in [5.41, 5.74) is 0.558. The molecule has 0 radical (unpaired) electrons. The topological polar surface area (TPSA) is 3.24 Å². The van der Waals surface area contributed by atoms with Crippen LogP contribution in [0.1, 0.15) is 54.4 Å². The minimum Gasteiger partial charge on any atom is -0.300 e. The third-order valence-corrected chi connectivity index (χ3v) is 4.61. The van der Waals surface area contributed by atoms with Crippen LogP contribution in [-0.4, -0.2) is 24.0 Å². The van der Waals surface area contributed by atoms with Crippen LogP contribution in [0.2, 0.25) is 0 Å². The second-order valence-corrected chi connectivity index (χ2v) is 6.21. The molecule has 1 aliphatic rings. The van der Waals surface area contributed by atoms with E-state index in [0.717, 1.165) is 11.8 Å². The highest BCUT2D eigenvalue weighted by Crippen LogP contribution is 2.43. The smallest absolute Gasteiger partial charge is 0.00456 e. The summed E-state index contributed by atoms with van der Waals surface area (Å²) in [5.74, 6) is 1.61. The van der Waals surface area contributed by atoms with Crippen LogP contribution in [0.15, 0.2) is 0 Å². The van der Waals surface area contributed by atoms with Crippen LogP contribution in [0.4, 0.5) is 0 Å². The molecule has 0 N–H and O–H groups in total. The van der Waals surface area contributed by atoms with E-state index in [-0.39, 0.29) is 0 Å². The average Bonchev–Trinajstić information content (AvgIpc) is 2.17. The molecule has 0 amide bonds. The van der Waals surface area contributed by atoms with Gasteiger partial charge in [-0.3, -0.25) is 0 Å². The first-order valence-corrected chi connectivity index (χ1v) is 6.64. The van der Waals surface area contributed by atoms with Crippen molar-refractivity contribution in [3.05, 3.63) is 0 Å². The molecule has 0 aromatic rings. The van der Waals surface area contributed by atoms with Gasteiger partial charge in [0.25, 0.3) is 0 Å². The Kier molecular flexibility index (Phi) is 4.22. The number of likely N-dealkylation sites (tertiary alicyclic amines) is 1. The quantitative estimate of drug-likeness (QED) is 0.686. The Hall–Kier alpha value is -0.0400. The van der Waals surface area contributed by atoms with E-state index in [4.69, 9.17) is 0 Å². The largest absolute Gasteiger partial charge is 0.300 e. The molecule has 1 nitrogen and oxygen atoms in total. The third-order valence-electron chi connectivity index (χ3n) is 4.61. The van der Waals surface area contributed by atoms with E-state index < -0.39 is 0 Å². The maximum absolute atomic E-state index is 2.67. The standard InChI is InChI=1S/C14H29N/c1-11(2)14(12(3)4)8-7-9-15(10-14)13(5)6/h11-13H,7-10H2,1-6H3. The molecule has 0 atom stereocenters. The lowest BCUT2D eigenvalue weighted by Crippen LogP contribution is -2.51. The maximum atomic E-state index is 2.67. The summed E-state index contributed by atoms with van der Waals surface area (Å²) in [5, 5.41) is 0. The van der Waals surface area contributed by atoms with Crippen molar-refractivity contribution >= 4 is 0 Å². The SMILES string of the molecule is CC(C)N1CCCC(C(C)C)(C(C)C)C1. The highest BCUT2D eigenvalue weighted by molar-refractivity contribution is 4.92. The lowest BCUT2D eigenvalue weighted by Gasteiger charge is -2.50. The minimum absolute atomic E-state index is 0.558. The van der Waals surface area contributed by atoms with Crippen LogP contribution < -0.4 is 0 Å². The lowest BCUT2D eigenvalue weighted by molar-refractivity contribution is -0.00586. The van der Waals surface area contributed by atoms with Crippen molar-refractivity contribution in [2.75, 3.05) is 13.1 Å². The molecule has 1 fully saturated rings. The summed E-state index contributed by atoms with van der Waals surface area (Å²) in [6, 6.07) is 0.710. The van der Waals surface area contributed by atoms with Gasteiger partial charge in [0.05, 0.1) is 0 Å². The van der Waals surface area contributed by atoms with Crippen molar-refractivity contribution < 1.29 is 0 Å². The van der Waals surface area contributed by atoms with Gasteiger partial charge in [0.15, 0.2) is 0 Å². The van der Waals surface area contributed by atoms with Crippen molar-refractivity contribution in [2.45, 2.75) is 60.4 Å². The zero-order valence-electron chi connectivity index (χ0n) is 11.5. The second-order valence-electron chi connectivity index (χ2n) is 6.21. The van der Waals surface area contributed by atoms with Gasteiger partial charge in [-0.05, 0) is 50.5 Å². The molecule has 0 bridgehead atoms. The summed E-state index contributed by atoms with van der Waals surface area (Å²) in [4.78, 5) is 2.67. The van der Waals surface area contributed by atoms with Crippen molar-refractivity contribution in [1.82, 2.24) is 4.90 Å². The predicted molar refractivity (Wildman–Crippen MR) is 68.1 cm³/mol. The van der Waals surface area contributed by atoms with Crippen molar-refractivity contribution in [2.24, 2.45) is 17.3 Å². The van der Waals surface area contributed by atoms with E-state index in [9.17, 15) is 0 Å². The molecule has 0 unspecified atom stereocenters. The first-order chi connectivity index (χ1) is 6.90. The highest BCUT2D eigenvalue weighted by atomic mass is 15.2. The summed E-state index contributed by atoms with van der Waals surface area (Å²) in [7, 11) is 0. The number of piperidine rings is 1. The predicted octanol–water partition coefficient (Wildman–Crippen LogP) is 3.79. The fraction of sp³-hybridized carbons (Fsp3) is 1.00. The van der Waals surface area contributed by atoms with Gasteiger partial charge in [-0.2, -0.15) is 0 Å². The van der Waals surface area contributed by atoms with Crippen LogP contribution in [-0.2, 0) is 0 Å². The molecule has 1 rings (SSSR count). The molecule has 0 spiro atoms. The normalized spacial score (nSPS) is 23.0. The molecular weight excluding hydrogens is 182 g/mol. The minimum atomic E-state index is 0.558. The van der Waals surface area contributed by atoms with Gasteiger partial charge in [0, 0.05) is 12.6 Å². The zero-order chi connectivity index (χ0) is 11.6. The van der Waals surface area contributed by atoms with E-state index >= 15 is 0 Å². The van der Waals surface area contributed by atoms with Gasteiger partial charge < -0.3 is 4.90 Å². The Labute approximate surface area is 96.2 Å². The van der Waals surface area contributed by atoms with Crippen LogP contribution >= 0.6 is 0 Å². The monoisotopic (exact) mass is 211 g/mol. The van der Waals surface area contributed by atoms with E-state index in [1.807, 2.05) is 0 Å². The van der Waals surface area contributed by atoms with Crippen molar-refractivity contribution in [3.8, 4) is 0 Å². The molecule has 1 heterocycles. The molecule has 1 heteroatoms. The molecular formula is C14H29N. The Balaban J connectivity index is 2.80. The first-order valence-electron chi connectivity index (χ1n) is 6.64. The van der Waals surface area contributed by atoms with Crippen LogP contribution in [0.25, 0.3) is 0 Å². The molecule has 0 aliphatic carbocycles. The van der Waals surface area contributed by atoms with Gasteiger partial charge in [-0.1, -0.05) is 27.7 Å². The Bertz CT molecular complexity index is 186. The van der Waals surface area contributed by atoms with Crippen LogP contribution in [0, 0.1) is 17.3 Å². The van der Waals surface area contributed by atoms with E-state index in [1.54, 1.807) is 0 Å². The maximum Gasteiger partial charge on any atom is 0.00456 e. The Morgan fingerprint density at radius 2 is 1.47 bits per heavy atom. The molecule has 1 saturated heterocycles. The fourth-order valence-electron chi connectivity index (χ4n) is 3.20. The van der Waals surface area contributed by atoms with Crippen LogP contribution in [0.5, 0.6) is 0 Å². The van der Waals surface area contributed by atoms with Crippen molar-refractivity contribution in [1.29, 1.82) is 0 Å². The zero-order valence-corrected chi connectivity index (χ0v) is 11.5. The van der Waals surface area contributed by atoms with Gasteiger partial charge in [-0.25, -0.2) is 0 Å².